The first-order valence-electron chi connectivity index (χ1n) is 6.64. The van der Waals surface area contributed by atoms with Gasteiger partial charge in [0.2, 0.25) is 10.0 Å². The summed E-state index contributed by atoms with van der Waals surface area (Å²) in [5.74, 6) is -0.214. The molecule has 7 heteroatoms. The zero-order valence-electron chi connectivity index (χ0n) is 12.1. The average molecular weight is 311 g/mol. The van der Waals surface area contributed by atoms with Gasteiger partial charge in [-0.1, -0.05) is 6.08 Å². The molecule has 0 unspecified atom stereocenters. The SMILES string of the molecule is C=CCNS(=O)(=O)c1ccc(C(=O)NCCCNC)cc1. The molecule has 6 nitrogen and oxygen atoms in total. The van der Waals surface area contributed by atoms with Crippen LogP contribution in [0, 0.1) is 0 Å². The Balaban J connectivity index is 2.65. The molecule has 0 atom stereocenters. The zero-order valence-corrected chi connectivity index (χ0v) is 12.9. The summed E-state index contributed by atoms with van der Waals surface area (Å²) in [5, 5.41) is 5.76. The molecule has 1 aromatic rings. The number of amides is 1. The molecule has 0 saturated carbocycles. The van der Waals surface area contributed by atoms with E-state index in [0.29, 0.717) is 12.1 Å². The van der Waals surface area contributed by atoms with Crippen molar-refractivity contribution in [2.75, 3.05) is 26.7 Å². The molecule has 0 aliphatic heterocycles. The Kier molecular flexibility index (Phi) is 7.07. The van der Waals surface area contributed by atoms with Crippen molar-refractivity contribution in [2.24, 2.45) is 0 Å². The van der Waals surface area contributed by atoms with Gasteiger partial charge in [-0.25, -0.2) is 13.1 Å². The summed E-state index contributed by atoms with van der Waals surface area (Å²) in [7, 11) is -1.70. The number of sulfonamides is 1. The number of carbonyl (C=O) groups is 1. The molecule has 0 bridgehead atoms. The number of nitrogens with one attached hydrogen (secondary N) is 3. The topological polar surface area (TPSA) is 87.3 Å². The monoisotopic (exact) mass is 311 g/mol. The second-order valence-corrected chi connectivity index (χ2v) is 6.14. The summed E-state index contributed by atoms with van der Waals surface area (Å²) in [5.41, 5.74) is 0.433. The van der Waals surface area contributed by atoms with Crippen LogP contribution in [0.4, 0.5) is 0 Å². The lowest BCUT2D eigenvalue weighted by Crippen LogP contribution is -2.27. The van der Waals surface area contributed by atoms with Gasteiger partial charge in [0.15, 0.2) is 0 Å². The van der Waals surface area contributed by atoms with Gasteiger partial charge >= 0.3 is 0 Å². The van der Waals surface area contributed by atoms with Crippen LogP contribution in [0.25, 0.3) is 0 Å². The summed E-state index contributed by atoms with van der Waals surface area (Å²) < 4.78 is 26.1. The number of benzene rings is 1. The molecular weight excluding hydrogens is 290 g/mol. The largest absolute Gasteiger partial charge is 0.352 e. The lowest BCUT2D eigenvalue weighted by Gasteiger charge is -2.07. The number of hydrogen-bond donors (Lipinski definition) is 3. The Hall–Kier alpha value is -1.70. The van der Waals surface area contributed by atoms with E-state index in [1.807, 2.05) is 7.05 Å². The van der Waals surface area contributed by atoms with Crippen LogP contribution in [0.1, 0.15) is 16.8 Å². The van der Waals surface area contributed by atoms with Gasteiger partial charge < -0.3 is 10.6 Å². The molecule has 0 spiro atoms. The summed E-state index contributed by atoms with van der Waals surface area (Å²) in [6.45, 7) is 5.01. The minimum Gasteiger partial charge on any atom is -0.352 e. The standard InChI is InChI=1S/C14H21N3O3S/c1-3-9-17-21(19,20)13-7-5-12(6-8-13)14(18)16-11-4-10-15-2/h3,5-8,15,17H,1,4,9-11H2,2H3,(H,16,18). The van der Waals surface area contributed by atoms with E-state index in [1.165, 1.54) is 30.3 Å². The van der Waals surface area contributed by atoms with Crippen LogP contribution >= 0.6 is 0 Å². The lowest BCUT2D eigenvalue weighted by atomic mass is 10.2. The Bertz CT molecular complexity index is 568. The minimum absolute atomic E-state index is 0.121. The molecule has 0 aliphatic rings. The van der Waals surface area contributed by atoms with Gasteiger partial charge in [0.25, 0.3) is 5.91 Å². The predicted molar refractivity (Wildman–Crippen MR) is 82.7 cm³/mol. The molecule has 0 aliphatic carbocycles. The molecule has 0 aromatic heterocycles. The molecule has 0 fully saturated rings. The molecule has 0 saturated heterocycles. The molecular formula is C14H21N3O3S. The molecule has 1 aromatic carbocycles. The van der Waals surface area contributed by atoms with Gasteiger partial charge in [0, 0.05) is 18.7 Å². The Morgan fingerprint density at radius 2 is 1.90 bits per heavy atom. The Morgan fingerprint density at radius 3 is 2.48 bits per heavy atom. The van der Waals surface area contributed by atoms with Crippen molar-refractivity contribution in [3.05, 3.63) is 42.5 Å². The van der Waals surface area contributed by atoms with Crippen molar-refractivity contribution >= 4 is 15.9 Å². The van der Waals surface area contributed by atoms with Crippen molar-refractivity contribution < 1.29 is 13.2 Å². The summed E-state index contributed by atoms with van der Waals surface area (Å²) in [4.78, 5) is 12.0. The maximum Gasteiger partial charge on any atom is 0.251 e. The highest BCUT2D eigenvalue weighted by atomic mass is 32.2. The van der Waals surface area contributed by atoms with Crippen LogP contribution < -0.4 is 15.4 Å². The third-order valence-electron chi connectivity index (χ3n) is 2.73. The van der Waals surface area contributed by atoms with Gasteiger partial charge in [0.05, 0.1) is 4.90 Å². The fourth-order valence-electron chi connectivity index (χ4n) is 1.61. The maximum absolute atomic E-state index is 11.8. The normalized spacial score (nSPS) is 11.1. The summed E-state index contributed by atoms with van der Waals surface area (Å²) in [6, 6.07) is 5.81. The van der Waals surface area contributed by atoms with E-state index in [0.717, 1.165) is 13.0 Å². The van der Waals surface area contributed by atoms with E-state index in [4.69, 9.17) is 0 Å². The van der Waals surface area contributed by atoms with Crippen molar-refractivity contribution in [1.29, 1.82) is 0 Å². The van der Waals surface area contributed by atoms with E-state index in [1.54, 1.807) is 0 Å². The maximum atomic E-state index is 11.8. The molecule has 1 rings (SSSR count). The van der Waals surface area contributed by atoms with E-state index in [-0.39, 0.29) is 17.3 Å². The van der Waals surface area contributed by atoms with Gasteiger partial charge in [0.1, 0.15) is 0 Å². The van der Waals surface area contributed by atoms with Crippen molar-refractivity contribution in [3.8, 4) is 0 Å². The van der Waals surface area contributed by atoms with Crippen LogP contribution in [-0.2, 0) is 10.0 Å². The number of rotatable bonds is 9. The van der Waals surface area contributed by atoms with E-state index in [2.05, 4.69) is 21.9 Å². The molecule has 3 N–H and O–H groups in total. The highest BCUT2D eigenvalue weighted by Gasteiger charge is 2.13. The molecule has 116 valence electrons. The molecule has 21 heavy (non-hydrogen) atoms. The minimum atomic E-state index is -3.55. The van der Waals surface area contributed by atoms with Crippen molar-refractivity contribution in [3.63, 3.8) is 0 Å². The smallest absolute Gasteiger partial charge is 0.251 e. The molecule has 1 amide bonds. The van der Waals surface area contributed by atoms with E-state index in [9.17, 15) is 13.2 Å². The lowest BCUT2D eigenvalue weighted by molar-refractivity contribution is 0.0953. The number of carbonyl (C=O) groups excluding carboxylic acids is 1. The highest BCUT2D eigenvalue weighted by molar-refractivity contribution is 7.89. The zero-order chi connectivity index (χ0) is 15.7. The first-order chi connectivity index (χ1) is 10.0. The van der Waals surface area contributed by atoms with Gasteiger partial charge in [-0.05, 0) is 44.3 Å². The Morgan fingerprint density at radius 1 is 1.24 bits per heavy atom. The third-order valence-corrected chi connectivity index (χ3v) is 4.17. The second kappa shape index (κ2) is 8.56. The first-order valence-corrected chi connectivity index (χ1v) is 8.13. The molecule has 0 heterocycles. The van der Waals surface area contributed by atoms with Gasteiger partial charge in [-0.15, -0.1) is 6.58 Å². The van der Waals surface area contributed by atoms with Gasteiger partial charge in [-0.3, -0.25) is 4.79 Å². The van der Waals surface area contributed by atoms with E-state index >= 15 is 0 Å². The fourth-order valence-corrected chi connectivity index (χ4v) is 2.60. The van der Waals surface area contributed by atoms with Crippen LogP contribution in [0.2, 0.25) is 0 Å². The number of hydrogen-bond acceptors (Lipinski definition) is 4. The third kappa shape index (κ3) is 5.66. The van der Waals surface area contributed by atoms with Crippen molar-refractivity contribution in [2.45, 2.75) is 11.3 Å². The first kappa shape index (κ1) is 17.4. The van der Waals surface area contributed by atoms with Crippen molar-refractivity contribution in [1.82, 2.24) is 15.4 Å². The fraction of sp³-hybridized carbons (Fsp3) is 0.357. The average Bonchev–Trinajstić information content (AvgIpc) is 2.49. The highest BCUT2D eigenvalue weighted by Crippen LogP contribution is 2.10. The van der Waals surface area contributed by atoms with Crippen LogP contribution in [0.3, 0.4) is 0 Å². The summed E-state index contributed by atoms with van der Waals surface area (Å²) in [6.07, 6.45) is 2.30. The molecule has 0 radical (unpaired) electrons. The van der Waals surface area contributed by atoms with E-state index < -0.39 is 10.0 Å². The van der Waals surface area contributed by atoms with Crippen LogP contribution in [0.15, 0.2) is 41.8 Å². The quantitative estimate of drug-likeness (QED) is 0.457. The van der Waals surface area contributed by atoms with Crippen LogP contribution in [0.5, 0.6) is 0 Å². The van der Waals surface area contributed by atoms with Gasteiger partial charge in [-0.2, -0.15) is 0 Å². The Labute approximate surface area is 125 Å². The van der Waals surface area contributed by atoms with Crippen LogP contribution in [-0.4, -0.2) is 41.0 Å². The second-order valence-electron chi connectivity index (χ2n) is 4.38. The summed E-state index contributed by atoms with van der Waals surface area (Å²) >= 11 is 0. The predicted octanol–water partition coefficient (Wildman–Crippen LogP) is 0.490.